The van der Waals surface area contributed by atoms with Gasteiger partial charge in [-0.2, -0.15) is 9.57 Å². The van der Waals surface area contributed by atoms with Crippen LogP contribution in [-0.4, -0.2) is 67.5 Å². The van der Waals surface area contributed by atoms with Crippen LogP contribution in [0, 0.1) is 11.3 Å². The van der Waals surface area contributed by atoms with E-state index >= 15 is 0 Å². The molecule has 9 nitrogen and oxygen atoms in total. The SMILES string of the molecule is N#Cc1cccc(S(=O)(=O)N(CC(=O)O)[C@H]2CS(=O)(=O)C[C@@H]2O)c1. The molecule has 1 fully saturated rings. The molecule has 2 N–H and O–H groups in total. The monoisotopic (exact) mass is 374 g/mol. The molecule has 1 aromatic rings. The summed E-state index contributed by atoms with van der Waals surface area (Å²) in [6, 6.07) is 5.27. The maximum atomic E-state index is 12.7. The largest absolute Gasteiger partial charge is 0.480 e. The number of sulfone groups is 1. The third kappa shape index (κ3) is 3.73. The van der Waals surface area contributed by atoms with Crippen LogP contribution >= 0.6 is 0 Å². The summed E-state index contributed by atoms with van der Waals surface area (Å²) in [7, 11) is -8.10. The van der Waals surface area contributed by atoms with Gasteiger partial charge in [-0.1, -0.05) is 6.07 Å². The average Bonchev–Trinajstić information content (AvgIpc) is 2.77. The molecule has 0 spiro atoms. The zero-order valence-electron chi connectivity index (χ0n) is 12.2. The van der Waals surface area contributed by atoms with E-state index in [0.717, 1.165) is 6.07 Å². The Morgan fingerprint density at radius 3 is 2.54 bits per heavy atom. The second kappa shape index (κ2) is 6.48. The number of sulfonamides is 1. The molecule has 24 heavy (non-hydrogen) atoms. The van der Waals surface area contributed by atoms with Crippen LogP contribution in [0.2, 0.25) is 0 Å². The van der Waals surface area contributed by atoms with E-state index < -0.39 is 56.0 Å². The van der Waals surface area contributed by atoms with E-state index in [9.17, 15) is 26.7 Å². The molecular formula is C13H14N2O7S2. The predicted octanol–water partition coefficient (Wildman–Crippen LogP) is -1.21. The highest BCUT2D eigenvalue weighted by atomic mass is 32.2. The molecule has 2 rings (SSSR count). The lowest BCUT2D eigenvalue weighted by Gasteiger charge is -2.27. The molecule has 1 aromatic carbocycles. The Morgan fingerprint density at radius 1 is 1.38 bits per heavy atom. The summed E-state index contributed by atoms with van der Waals surface area (Å²) in [6.07, 6.45) is -1.52. The van der Waals surface area contributed by atoms with Crippen molar-refractivity contribution in [2.24, 2.45) is 0 Å². The van der Waals surface area contributed by atoms with Crippen molar-refractivity contribution in [1.29, 1.82) is 5.26 Å². The van der Waals surface area contributed by atoms with Gasteiger partial charge in [0.25, 0.3) is 0 Å². The van der Waals surface area contributed by atoms with Gasteiger partial charge in [-0.3, -0.25) is 4.79 Å². The molecule has 1 aliphatic heterocycles. The molecule has 1 aliphatic rings. The zero-order valence-corrected chi connectivity index (χ0v) is 13.9. The van der Waals surface area contributed by atoms with Crippen LogP contribution in [0.1, 0.15) is 5.56 Å². The lowest BCUT2D eigenvalue weighted by molar-refractivity contribution is -0.137. The van der Waals surface area contributed by atoms with E-state index in [-0.39, 0.29) is 10.5 Å². The number of nitriles is 1. The highest BCUT2D eigenvalue weighted by Crippen LogP contribution is 2.25. The number of benzene rings is 1. The van der Waals surface area contributed by atoms with Gasteiger partial charge >= 0.3 is 5.97 Å². The molecule has 0 unspecified atom stereocenters. The summed E-state index contributed by atoms with van der Waals surface area (Å²) in [4.78, 5) is 10.7. The first-order chi connectivity index (χ1) is 11.1. The van der Waals surface area contributed by atoms with Gasteiger partial charge in [0.15, 0.2) is 9.84 Å². The molecule has 2 atom stereocenters. The fourth-order valence-corrected chi connectivity index (χ4v) is 6.01. The molecule has 0 saturated carbocycles. The third-order valence-electron chi connectivity index (χ3n) is 3.52. The van der Waals surface area contributed by atoms with E-state index in [1.807, 2.05) is 0 Å². The Bertz CT molecular complexity index is 902. The van der Waals surface area contributed by atoms with Crippen LogP contribution in [0.3, 0.4) is 0 Å². The van der Waals surface area contributed by atoms with Crippen molar-refractivity contribution in [2.75, 3.05) is 18.1 Å². The average molecular weight is 374 g/mol. The van der Waals surface area contributed by atoms with Crippen LogP contribution in [0.5, 0.6) is 0 Å². The lowest BCUT2D eigenvalue weighted by Crippen LogP contribution is -2.48. The lowest BCUT2D eigenvalue weighted by atomic mass is 10.2. The molecule has 11 heteroatoms. The normalized spacial score (nSPS) is 23.0. The van der Waals surface area contributed by atoms with Crippen LogP contribution in [0.4, 0.5) is 0 Å². The highest BCUT2D eigenvalue weighted by molar-refractivity contribution is 7.92. The maximum Gasteiger partial charge on any atom is 0.318 e. The summed E-state index contributed by atoms with van der Waals surface area (Å²) in [5.41, 5.74) is 0.0472. The van der Waals surface area contributed by atoms with Gasteiger partial charge in [0.05, 0.1) is 40.2 Å². The number of carboxylic acids is 1. The first-order valence-electron chi connectivity index (χ1n) is 6.69. The van der Waals surface area contributed by atoms with Gasteiger partial charge in [0.1, 0.15) is 6.54 Å². The van der Waals surface area contributed by atoms with Crippen LogP contribution in [0.15, 0.2) is 29.2 Å². The number of nitrogens with zero attached hydrogens (tertiary/aromatic N) is 2. The zero-order chi connectivity index (χ0) is 18.1. The van der Waals surface area contributed by atoms with Crippen molar-refractivity contribution < 1.29 is 31.8 Å². The van der Waals surface area contributed by atoms with Crippen molar-refractivity contribution in [3.63, 3.8) is 0 Å². The second-order valence-electron chi connectivity index (χ2n) is 5.30. The number of hydrogen-bond acceptors (Lipinski definition) is 7. The number of carboxylic acid groups (broad SMARTS) is 1. The first kappa shape index (κ1) is 18.3. The minimum absolute atomic E-state index is 0.0472. The van der Waals surface area contributed by atoms with Gasteiger partial charge in [-0.05, 0) is 18.2 Å². The van der Waals surface area contributed by atoms with Gasteiger partial charge in [0.2, 0.25) is 10.0 Å². The standard InChI is InChI=1S/C13H14N2O7S2/c14-5-9-2-1-3-10(4-9)24(21,22)15(6-13(17)18)11-7-23(19,20)8-12(11)16/h1-4,11-12,16H,6-8H2,(H,17,18)/t11-,12-/m0/s1. The second-order valence-corrected chi connectivity index (χ2v) is 9.34. The van der Waals surface area contributed by atoms with E-state index in [2.05, 4.69) is 0 Å². The van der Waals surface area contributed by atoms with Gasteiger partial charge in [-0.15, -0.1) is 0 Å². The van der Waals surface area contributed by atoms with Crippen molar-refractivity contribution in [3.8, 4) is 6.07 Å². The Kier molecular flexibility index (Phi) is 4.95. The number of carbonyl (C=O) groups is 1. The third-order valence-corrected chi connectivity index (χ3v) is 7.09. The molecule has 0 amide bonds. The maximum absolute atomic E-state index is 12.7. The van der Waals surface area contributed by atoms with Crippen molar-refractivity contribution in [3.05, 3.63) is 29.8 Å². The smallest absolute Gasteiger partial charge is 0.318 e. The number of aliphatic carboxylic acids is 1. The van der Waals surface area contributed by atoms with Gasteiger partial charge in [0, 0.05) is 0 Å². The Labute approximate surface area is 138 Å². The van der Waals surface area contributed by atoms with E-state index in [0.29, 0.717) is 4.31 Å². The van der Waals surface area contributed by atoms with E-state index in [1.165, 1.54) is 18.2 Å². The minimum Gasteiger partial charge on any atom is -0.480 e. The first-order valence-corrected chi connectivity index (χ1v) is 9.95. The molecule has 1 heterocycles. The molecule has 0 aromatic heterocycles. The number of aliphatic hydroxyl groups is 1. The van der Waals surface area contributed by atoms with Crippen LogP contribution in [-0.2, 0) is 24.7 Å². The summed E-state index contributed by atoms with van der Waals surface area (Å²) < 4.78 is 49.2. The number of rotatable bonds is 5. The van der Waals surface area contributed by atoms with E-state index in [1.54, 1.807) is 6.07 Å². The minimum atomic E-state index is -4.42. The van der Waals surface area contributed by atoms with E-state index in [4.69, 9.17) is 10.4 Å². The van der Waals surface area contributed by atoms with Crippen molar-refractivity contribution in [1.82, 2.24) is 4.31 Å². The predicted molar refractivity (Wildman–Crippen MR) is 81.1 cm³/mol. The fourth-order valence-electron chi connectivity index (χ4n) is 2.46. The molecule has 0 aliphatic carbocycles. The van der Waals surface area contributed by atoms with Crippen molar-refractivity contribution in [2.45, 2.75) is 17.0 Å². The summed E-state index contributed by atoms with van der Waals surface area (Å²) in [5, 5.41) is 27.7. The van der Waals surface area contributed by atoms with Crippen molar-refractivity contribution >= 4 is 25.8 Å². The Hall–Kier alpha value is -2.00. The summed E-state index contributed by atoms with van der Waals surface area (Å²) in [5.74, 6) is -2.80. The molecular weight excluding hydrogens is 360 g/mol. The Morgan fingerprint density at radius 2 is 2.04 bits per heavy atom. The van der Waals surface area contributed by atoms with Gasteiger partial charge < -0.3 is 10.2 Å². The Balaban J connectivity index is 2.51. The molecule has 0 bridgehead atoms. The quantitative estimate of drug-likeness (QED) is 0.651. The molecule has 0 radical (unpaired) electrons. The topological polar surface area (TPSA) is 153 Å². The highest BCUT2D eigenvalue weighted by Gasteiger charge is 2.45. The summed E-state index contributed by atoms with van der Waals surface area (Å²) in [6.45, 7) is -1.00. The molecule has 1 saturated heterocycles. The molecule has 130 valence electrons. The van der Waals surface area contributed by atoms with Crippen LogP contribution in [0.25, 0.3) is 0 Å². The number of aliphatic hydroxyl groups excluding tert-OH is 1. The van der Waals surface area contributed by atoms with Gasteiger partial charge in [-0.25, -0.2) is 16.8 Å². The fraction of sp³-hybridized carbons (Fsp3) is 0.385. The number of hydrogen-bond donors (Lipinski definition) is 2. The van der Waals surface area contributed by atoms with Crippen LogP contribution < -0.4 is 0 Å². The summed E-state index contributed by atoms with van der Waals surface area (Å²) >= 11 is 0.